The van der Waals surface area contributed by atoms with Crippen LogP contribution in [0.3, 0.4) is 0 Å². The Morgan fingerprint density at radius 2 is 2.15 bits per heavy atom. The first-order chi connectivity index (χ1) is 9.13. The van der Waals surface area contributed by atoms with Crippen molar-refractivity contribution in [2.24, 2.45) is 0 Å². The minimum atomic E-state index is -3.86. The highest BCUT2D eigenvalue weighted by Crippen LogP contribution is 2.27. The molecule has 0 saturated carbocycles. The molecule has 2 rings (SSSR count). The molecule has 0 aromatic carbocycles. The summed E-state index contributed by atoms with van der Waals surface area (Å²) < 4.78 is 49.8. The van der Waals surface area contributed by atoms with Crippen molar-refractivity contribution in [1.29, 1.82) is 0 Å². The maximum Gasteiger partial charge on any atom is 0.247 e. The van der Waals surface area contributed by atoms with Crippen molar-refractivity contribution in [3.8, 4) is 0 Å². The molecule has 0 amide bonds. The van der Waals surface area contributed by atoms with Crippen LogP contribution in [-0.4, -0.2) is 50.2 Å². The molecule has 1 aromatic rings. The lowest BCUT2D eigenvalue weighted by atomic mass is 10.4. The number of sulfone groups is 1. The van der Waals surface area contributed by atoms with Gasteiger partial charge in [-0.3, -0.25) is 0 Å². The fourth-order valence-corrected chi connectivity index (χ4v) is 6.08. The number of hydrogen-bond donors (Lipinski definition) is 1. The number of nitrogens with zero attached hydrogens (tertiary/aromatic N) is 2. The minimum Gasteiger partial charge on any atom is -0.383 e. The zero-order valence-corrected chi connectivity index (χ0v) is 13.9. The summed E-state index contributed by atoms with van der Waals surface area (Å²) in [6.07, 6.45) is 1.40. The van der Waals surface area contributed by atoms with Gasteiger partial charge in [0.25, 0.3) is 0 Å². The number of hydrogen-bond acceptors (Lipinski definition) is 6. The van der Waals surface area contributed by atoms with Gasteiger partial charge in [-0.25, -0.2) is 21.8 Å². The van der Waals surface area contributed by atoms with Gasteiger partial charge in [0.1, 0.15) is 10.7 Å². The molecular weight excluding hydrogens is 370 g/mol. The van der Waals surface area contributed by atoms with Gasteiger partial charge in [-0.05, 0) is 28.9 Å². The van der Waals surface area contributed by atoms with E-state index in [9.17, 15) is 16.8 Å². The number of rotatable bonds is 2. The Hall–Kier alpha value is -0.710. The maximum absolute atomic E-state index is 12.6. The summed E-state index contributed by atoms with van der Waals surface area (Å²) in [6, 6.07) is 0.741. The van der Waals surface area contributed by atoms with Gasteiger partial charge < -0.3 is 5.73 Å². The normalized spacial score (nSPS) is 23.6. The van der Waals surface area contributed by atoms with Crippen LogP contribution in [0.4, 0.5) is 5.82 Å². The molecule has 0 spiro atoms. The third kappa shape index (κ3) is 2.97. The largest absolute Gasteiger partial charge is 0.383 e. The van der Waals surface area contributed by atoms with E-state index in [1.54, 1.807) is 6.92 Å². The highest BCUT2D eigenvalue weighted by atomic mass is 79.9. The zero-order chi connectivity index (χ0) is 15.1. The van der Waals surface area contributed by atoms with Crippen molar-refractivity contribution in [2.75, 3.05) is 23.8 Å². The molecule has 1 atom stereocenters. The van der Waals surface area contributed by atoms with E-state index >= 15 is 0 Å². The predicted octanol–water partition coefficient (Wildman–Crippen LogP) is 0.234. The van der Waals surface area contributed by atoms with E-state index in [0.717, 1.165) is 4.31 Å². The first-order valence-corrected chi connectivity index (χ1v) is 9.82. The van der Waals surface area contributed by atoms with Crippen LogP contribution >= 0.6 is 15.9 Å². The van der Waals surface area contributed by atoms with Gasteiger partial charge >= 0.3 is 0 Å². The zero-order valence-electron chi connectivity index (χ0n) is 10.7. The summed E-state index contributed by atoms with van der Waals surface area (Å²) >= 11 is 3.15. The fourth-order valence-electron chi connectivity index (χ4n) is 2.10. The van der Waals surface area contributed by atoms with Crippen LogP contribution in [0.2, 0.25) is 0 Å². The first-order valence-electron chi connectivity index (χ1n) is 5.77. The quantitative estimate of drug-likeness (QED) is 0.782. The molecule has 112 valence electrons. The molecule has 10 heteroatoms. The molecule has 2 N–H and O–H groups in total. The molecule has 0 radical (unpaired) electrons. The predicted molar refractivity (Wildman–Crippen MR) is 78.4 cm³/mol. The average Bonchev–Trinajstić information content (AvgIpc) is 2.30. The number of anilines is 1. The molecule has 1 saturated heterocycles. The van der Waals surface area contributed by atoms with Crippen LogP contribution in [0.15, 0.2) is 21.6 Å². The summed E-state index contributed by atoms with van der Waals surface area (Å²) in [7, 11) is -7.05. The highest BCUT2D eigenvalue weighted by molar-refractivity contribution is 9.10. The summed E-state index contributed by atoms with van der Waals surface area (Å²) in [5, 5.41) is 0. The van der Waals surface area contributed by atoms with Crippen molar-refractivity contribution < 1.29 is 16.8 Å². The smallest absolute Gasteiger partial charge is 0.247 e. The minimum absolute atomic E-state index is 0.0716. The maximum atomic E-state index is 12.6. The molecule has 2 heterocycles. The lowest BCUT2D eigenvalue weighted by molar-refractivity contribution is 0.357. The van der Waals surface area contributed by atoms with Crippen molar-refractivity contribution in [2.45, 2.75) is 17.9 Å². The van der Waals surface area contributed by atoms with Gasteiger partial charge in [0.05, 0.1) is 11.5 Å². The monoisotopic (exact) mass is 383 g/mol. The van der Waals surface area contributed by atoms with Gasteiger partial charge in [-0.1, -0.05) is 0 Å². The van der Waals surface area contributed by atoms with Gasteiger partial charge in [-0.15, -0.1) is 0 Å². The molecule has 7 nitrogen and oxygen atoms in total. The van der Waals surface area contributed by atoms with E-state index in [0.29, 0.717) is 4.47 Å². The number of nitrogens with two attached hydrogens (primary N) is 1. The topological polar surface area (TPSA) is 110 Å². The highest BCUT2D eigenvalue weighted by Gasteiger charge is 2.37. The third-order valence-electron chi connectivity index (χ3n) is 3.04. The second-order valence-electron chi connectivity index (χ2n) is 4.62. The molecule has 1 fully saturated rings. The van der Waals surface area contributed by atoms with E-state index in [-0.39, 0.29) is 28.8 Å². The van der Waals surface area contributed by atoms with Gasteiger partial charge in [0.15, 0.2) is 9.84 Å². The molecule has 1 aliphatic rings. The van der Waals surface area contributed by atoms with E-state index < -0.39 is 25.9 Å². The van der Waals surface area contributed by atoms with E-state index in [1.165, 1.54) is 12.3 Å². The van der Waals surface area contributed by atoms with Crippen LogP contribution < -0.4 is 5.73 Å². The lowest BCUT2D eigenvalue weighted by Crippen LogP contribution is -2.49. The number of pyridine rings is 1. The lowest BCUT2D eigenvalue weighted by Gasteiger charge is -2.32. The number of halogens is 1. The van der Waals surface area contributed by atoms with Gasteiger partial charge in [0.2, 0.25) is 10.0 Å². The third-order valence-corrected chi connectivity index (χ3v) is 7.32. The molecule has 1 aromatic heterocycles. The second kappa shape index (κ2) is 5.24. The van der Waals surface area contributed by atoms with E-state index in [2.05, 4.69) is 20.9 Å². The van der Waals surface area contributed by atoms with Crippen molar-refractivity contribution in [1.82, 2.24) is 9.29 Å². The van der Waals surface area contributed by atoms with Crippen molar-refractivity contribution in [3.05, 3.63) is 16.7 Å². The Morgan fingerprint density at radius 3 is 2.75 bits per heavy atom. The Morgan fingerprint density at radius 1 is 1.50 bits per heavy atom. The van der Waals surface area contributed by atoms with Crippen molar-refractivity contribution >= 4 is 41.6 Å². The second-order valence-corrected chi connectivity index (χ2v) is 9.62. The molecular formula is C10H14BrN3O4S2. The molecule has 1 unspecified atom stereocenters. The Balaban J connectivity index is 2.43. The summed E-state index contributed by atoms with van der Waals surface area (Å²) in [5.41, 5.74) is 5.62. The summed E-state index contributed by atoms with van der Waals surface area (Å²) in [5.74, 6) is -0.473. The molecule has 20 heavy (non-hydrogen) atoms. The number of aromatic nitrogens is 1. The fraction of sp³-hybridized carbons (Fsp3) is 0.500. The standard InChI is InChI=1S/C10H14BrN3O4S2/c1-7-6-19(15,16)3-2-14(7)20(17,18)9-4-8(11)5-13-10(9)12/h4-5,7H,2-3,6H2,1H3,(H2,12,13). The van der Waals surface area contributed by atoms with Gasteiger partial charge in [-0.2, -0.15) is 4.31 Å². The number of sulfonamides is 1. The Labute approximate surface area is 126 Å². The Kier molecular flexibility index (Phi) is 4.11. The van der Waals surface area contributed by atoms with Crippen LogP contribution in [0.1, 0.15) is 6.92 Å². The van der Waals surface area contributed by atoms with E-state index in [4.69, 9.17) is 5.73 Å². The SMILES string of the molecule is CC1CS(=O)(=O)CCN1S(=O)(=O)c1cc(Br)cnc1N. The van der Waals surface area contributed by atoms with E-state index in [1.807, 2.05) is 0 Å². The average molecular weight is 384 g/mol. The van der Waals surface area contributed by atoms with Crippen LogP contribution in [0.5, 0.6) is 0 Å². The van der Waals surface area contributed by atoms with Crippen LogP contribution in [0, 0.1) is 0 Å². The van der Waals surface area contributed by atoms with Crippen LogP contribution in [0.25, 0.3) is 0 Å². The first kappa shape index (κ1) is 15.7. The molecule has 1 aliphatic heterocycles. The summed E-state index contributed by atoms with van der Waals surface area (Å²) in [6.45, 7) is 1.49. The van der Waals surface area contributed by atoms with Gasteiger partial charge in [0, 0.05) is 23.3 Å². The molecule has 0 bridgehead atoms. The number of nitrogen functional groups attached to an aromatic ring is 1. The van der Waals surface area contributed by atoms with Crippen molar-refractivity contribution in [3.63, 3.8) is 0 Å². The van der Waals surface area contributed by atoms with Crippen LogP contribution in [-0.2, 0) is 19.9 Å². The summed E-state index contributed by atoms with van der Waals surface area (Å²) in [4.78, 5) is 3.69. The Bertz CT molecular complexity index is 733. The molecule has 0 aliphatic carbocycles.